The number of hydrogen-bond donors (Lipinski definition) is 2. The molecule has 0 saturated carbocycles. The number of nitro groups is 1. The minimum Gasteiger partial charge on any atom is -0.507 e. The van der Waals surface area contributed by atoms with Gasteiger partial charge in [-0.2, -0.15) is 13.2 Å². The zero-order chi connectivity index (χ0) is 21.9. The molecule has 0 unspecified atom stereocenters. The summed E-state index contributed by atoms with van der Waals surface area (Å²) in [7, 11) is 0. The number of carbonyl (C=O) groups is 2. The molecule has 0 fully saturated rings. The predicted octanol–water partition coefficient (Wildman–Crippen LogP) is 3.81. The summed E-state index contributed by atoms with van der Waals surface area (Å²) in [5.74, 6) is -2.49. The molecule has 1 atom stereocenters. The molecule has 8 nitrogen and oxygen atoms in total. The molecule has 2 aromatic carbocycles. The normalized spacial score (nSPS) is 12.2. The molecular weight excluding hydrogens is 397 g/mol. The van der Waals surface area contributed by atoms with Crippen molar-refractivity contribution in [2.45, 2.75) is 26.1 Å². The summed E-state index contributed by atoms with van der Waals surface area (Å²) >= 11 is 0. The molecule has 2 rings (SSSR count). The largest absolute Gasteiger partial charge is 0.507 e. The fourth-order valence-electron chi connectivity index (χ4n) is 2.32. The Kier molecular flexibility index (Phi) is 6.10. The smallest absolute Gasteiger partial charge is 0.418 e. The van der Waals surface area contributed by atoms with Gasteiger partial charge in [0.15, 0.2) is 6.10 Å². The Hall–Kier alpha value is -3.63. The first kappa shape index (κ1) is 21.7. The Morgan fingerprint density at radius 3 is 2.48 bits per heavy atom. The van der Waals surface area contributed by atoms with Crippen LogP contribution >= 0.6 is 0 Å². The van der Waals surface area contributed by atoms with Crippen LogP contribution in [-0.4, -0.2) is 28.0 Å². The number of alkyl halides is 3. The van der Waals surface area contributed by atoms with E-state index in [-0.39, 0.29) is 17.4 Å². The molecule has 2 aromatic rings. The monoisotopic (exact) mass is 412 g/mol. The number of ether oxygens (including phenoxy) is 1. The first-order valence-corrected chi connectivity index (χ1v) is 8.08. The average Bonchev–Trinajstić information content (AvgIpc) is 2.62. The molecule has 0 saturated heterocycles. The van der Waals surface area contributed by atoms with Gasteiger partial charge in [0.2, 0.25) is 0 Å². The van der Waals surface area contributed by atoms with Crippen LogP contribution in [-0.2, 0) is 15.7 Å². The molecule has 0 aliphatic rings. The molecule has 0 spiro atoms. The number of para-hydroxylation sites is 1. The van der Waals surface area contributed by atoms with Gasteiger partial charge in [0.25, 0.3) is 11.6 Å². The number of phenols is 1. The lowest BCUT2D eigenvalue weighted by Crippen LogP contribution is -2.30. The fourth-order valence-corrected chi connectivity index (χ4v) is 2.32. The summed E-state index contributed by atoms with van der Waals surface area (Å²) in [6, 6.07) is 6.09. The summed E-state index contributed by atoms with van der Waals surface area (Å²) in [5.41, 5.74) is -2.78. The number of rotatable bonds is 5. The van der Waals surface area contributed by atoms with Gasteiger partial charge >= 0.3 is 12.1 Å². The van der Waals surface area contributed by atoms with Gasteiger partial charge in [0.1, 0.15) is 11.3 Å². The first-order chi connectivity index (χ1) is 13.4. The number of halogens is 3. The van der Waals surface area contributed by atoms with Crippen LogP contribution in [0.1, 0.15) is 28.4 Å². The summed E-state index contributed by atoms with van der Waals surface area (Å²) in [5, 5.41) is 22.5. The van der Waals surface area contributed by atoms with Crippen molar-refractivity contribution in [2.24, 2.45) is 0 Å². The summed E-state index contributed by atoms with van der Waals surface area (Å²) < 4.78 is 44.4. The number of anilines is 1. The van der Waals surface area contributed by atoms with Gasteiger partial charge in [-0.05, 0) is 31.5 Å². The van der Waals surface area contributed by atoms with E-state index in [1.807, 2.05) is 5.32 Å². The summed E-state index contributed by atoms with van der Waals surface area (Å²) in [4.78, 5) is 34.0. The van der Waals surface area contributed by atoms with Crippen LogP contribution in [0.5, 0.6) is 5.75 Å². The maximum atomic E-state index is 13.2. The number of aromatic hydroxyl groups is 1. The molecule has 1 amide bonds. The van der Waals surface area contributed by atoms with Crippen molar-refractivity contribution in [2.75, 3.05) is 5.32 Å². The van der Waals surface area contributed by atoms with Crippen LogP contribution in [0.2, 0.25) is 0 Å². The third-order valence-electron chi connectivity index (χ3n) is 3.89. The maximum absolute atomic E-state index is 13.2. The van der Waals surface area contributed by atoms with E-state index < -0.39 is 46.0 Å². The van der Waals surface area contributed by atoms with Crippen LogP contribution in [0, 0.1) is 17.0 Å². The number of hydrogen-bond acceptors (Lipinski definition) is 6. The van der Waals surface area contributed by atoms with Gasteiger partial charge in [-0.15, -0.1) is 0 Å². The van der Waals surface area contributed by atoms with Crippen LogP contribution in [0.3, 0.4) is 0 Å². The van der Waals surface area contributed by atoms with Gasteiger partial charge in [-0.3, -0.25) is 14.9 Å². The highest BCUT2D eigenvalue weighted by Crippen LogP contribution is 2.37. The molecule has 29 heavy (non-hydrogen) atoms. The molecule has 0 aliphatic heterocycles. The van der Waals surface area contributed by atoms with Gasteiger partial charge in [-0.25, -0.2) is 4.79 Å². The Bertz CT molecular complexity index is 975. The minimum absolute atomic E-state index is 0.212. The Morgan fingerprint density at radius 1 is 1.24 bits per heavy atom. The molecule has 11 heteroatoms. The van der Waals surface area contributed by atoms with E-state index in [0.29, 0.717) is 5.56 Å². The number of benzene rings is 2. The van der Waals surface area contributed by atoms with Gasteiger partial charge in [0, 0.05) is 12.1 Å². The molecular formula is C18H15F3N2O6. The molecule has 0 heterocycles. The zero-order valence-corrected chi connectivity index (χ0v) is 15.1. The van der Waals surface area contributed by atoms with Crippen LogP contribution < -0.4 is 5.32 Å². The first-order valence-electron chi connectivity index (χ1n) is 8.08. The highest BCUT2D eigenvalue weighted by molar-refractivity contribution is 5.99. The molecule has 0 radical (unpaired) electrons. The fraction of sp³-hybridized carbons (Fsp3) is 0.222. The number of nitrogens with zero attached hydrogens (tertiary/aromatic N) is 1. The number of carbonyl (C=O) groups excluding carboxylic acids is 2. The summed E-state index contributed by atoms with van der Waals surface area (Å²) in [6.45, 7) is 2.66. The number of nitrogens with one attached hydrogen (secondary N) is 1. The second-order valence-electron chi connectivity index (χ2n) is 5.99. The quantitative estimate of drug-likeness (QED) is 0.438. The highest BCUT2D eigenvalue weighted by Gasteiger charge is 2.36. The topological polar surface area (TPSA) is 119 Å². The highest BCUT2D eigenvalue weighted by atomic mass is 19.4. The van der Waals surface area contributed by atoms with E-state index in [2.05, 4.69) is 0 Å². The van der Waals surface area contributed by atoms with Crippen molar-refractivity contribution in [1.82, 2.24) is 0 Å². The van der Waals surface area contributed by atoms with Crippen LogP contribution in [0.15, 0.2) is 36.4 Å². The number of nitro benzene ring substituents is 1. The number of esters is 1. The van der Waals surface area contributed by atoms with Crippen molar-refractivity contribution in [3.05, 3.63) is 63.2 Å². The van der Waals surface area contributed by atoms with E-state index >= 15 is 0 Å². The number of amides is 1. The number of phenolic OH excluding ortho intramolecular Hbond substituents is 1. The third-order valence-corrected chi connectivity index (χ3v) is 3.89. The van der Waals surface area contributed by atoms with E-state index in [1.165, 1.54) is 25.1 Å². The number of non-ortho nitro benzene ring substituents is 1. The van der Waals surface area contributed by atoms with Gasteiger partial charge < -0.3 is 15.2 Å². The van der Waals surface area contributed by atoms with Crippen LogP contribution in [0.4, 0.5) is 24.5 Å². The van der Waals surface area contributed by atoms with E-state index in [4.69, 9.17) is 4.74 Å². The lowest BCUT2D eigenvalue weighted by atomic mass is 10.1. The molecule has 154 valence electrons. The summed E-state index contributed by atoms with van der Waals surface area (Å²) in [6.07, 6.45) is -6.49. The second-order valence-corrected chi connectivity index (χ2v) is 5.99. The van der Waals surface area contributed by atoms with Gasteiger partial charge in [0.05, 0.1) is 16.2 Å². The Labute approximate surface area is 162 Å². The molecule has 0 aromatic heterocycles. The average molecular weight is 412 g/mol. The lowest BCUT2D eigenvalue weighted by Gasteiger charge is -2.17. The predicted molar refractivity (Wildman–Crippen MR) is 94.4 cm³/mol. The standard InChI is InChI=1S/C18H15F3N2O6/c1-9-4-3-5-12(15(9)24)17(26)29-10(2)16(25)22-14-7-6-11(23(27)28)8-13(14)18(19,20)21/h3-8,10,24H,1-2H3,(H,22,25)/t10-/m0/s1. The van der Waals surface area contributed by atoms with Crippen molar-refractivity contribution < 1.29 is 37.5 Å². The van der Waals surface area contributed by atoms with Crippen molar-refractivity contribution in [3.63, 3.8) is 0 Å². The minimum atomic E-state index is -4.97. The van der Waals surface area contributed by atoms with Gasteiger partial charge in [-0.1, -0.05) is 12.1 Å². The molecule has 0 bridgehead atoms. The van der Waals surface area contributed by atoms with Crippen LogP contribution in [0.25, 0.3) is 0 Å². The SMILES string of the molecule is Cc1cccc(C(=O)O[C@@H](C)C(=O)Nc2ccc([N+](=O)[O-])cc2C(F)(F)F)c1O. The van der Waals surface area contributed by atoms with Crippen molar-refractivity contribution in [3.8, 4) is 5.75 Å². The Morgan fingerprint density at radius 2 is 1.90 bits per heavy atom. The number of aryl methyl sites for hydroxylation is 1. The second kappa shape index (κ2) is 8.17. The molecule has 2 N–H and O–H groups in total. The van der Waals surface area contributed by atoms with E-state index in [1.54, 1.807) is 0 Å². The van der Waals surface area contributed by atoms with Crippen molar-refractivity contribution >= 4 is 23.3 Å². The zero-order valence-electron chi connectivity index (χ0n) is 15.1. The van der Waals surface area contributed by atoms with E-state index in [0.717, 1.165) is 19.1 Å². The maximum Gasteiger partial charge on any atom is 0.418 e. The third kappa shape index (κ3) is 5.00. The Balaban J connectivity index is 2.20. The van der Waals surface area contributed by atoms with Crippen molar-refractivity contribution in [1.29, 1.82) is 0 Å². The molecule has 0 aliphatic carbocycles. The van der Waals surface area contributed by atoms with E-state index in [9.17, 15) is 38.0 Å². The lowest BCUT2D eigenvalue weighted by molar-refractivity contribution is -0.385.